The molecule has 0 aliphatic heterocycles. The van der Waals surface area contributed by atoms with Gasteiger partial charge in [-0.15, -0.1) is 0 Å². The van der Waals surface area contributed by atoms with Gasteiger partial charge in [0.1, 0.15) is 11.5 Å². The van der Waals surface area contributed by atoms with Gasteiger partial charge in [0.05, 0.1) is 5.02 Å². The van der Waals surface area contributed by atoms with E-state index in [1.807, 2.05) is 30.3 Å². The molecule has 0 N–H and O–H groups in total. The quantitative estimate of drug-likeness (QED) is 0.663. The summed E-state index contributed by atoms with van der Waals surface area (Å²) in [6, 6.07) is 13.9. The molecule has 0 atom stereocenters. The van der Waals surface area contributed by atoms with Gasteiger partial charge in [0.2, 0.25) is 0 Å². The van der Waals surface area contributed by atoms with Crippen LogP contribution in [0.25, 0.3) is 0 Å². The van der Waals surface area contributed by atoms with E-state index in [2.05, 4.69) is 12.1 Å². The van der Waals surface area contributed by atoms with Crippen molar-refractivity contribution in [2.45, 2.75) is 18.3 Å². The van der Waals surface area contributed by atoms with Gasteiger partial charge < -0.3 is 18.9 Å². The molecule has 1 fully saturated rings. The summed E-state index contributed by atoms with van der Waals surface area (Å²) in [6.07, 6.45) is 2.04. The first kappa shape index (κ1) is 17.1. The highest BCUT2D eigenvalue weighted by atomic mass is 35.5. The minimum absolute atomic E-state index is 0.141. The molecule has 5 heteroatoms. The molecule has 1 aliphatic carbocycles. The van der Waals surface area contributed by atoms with E-state index in [1.54, 1.807) is 14.2 Å². The van der Waals surface area contributed by atoms with Crippen LogP contribution in [-0.4, -0.2) is 27.8 Å². The summed E-state index contributed by atoms with van der Waals surface area (Å²) < 4.78 is 21.6. The first-order chi connectivity index (χ1) is 11.7. The lowest BCUT2D eigenvalue weighted by Crippen LogP contribution is -2.14. The molecule has 2 aromatic rings. The van der Waals surface area contributed by atoms with E-state index in [9.17, 15) is 0 Å². The van der Waals surface area contributed by atoms with Crippen LogP contribution in [-0.2, 0) is 14.9 Å². The number of hydrogen-bond acceptors (Lipinski definition) is 4. The lowest BCUT2D eigenvalue weighted by molar-refractivity contribution is 0.0492. The number of para-hydroxylation sites is 2. The average Bonchev–Trinajstić information content (AvgIpc) is 3.40. The number of ether oxygens (including phenoxy) is 4. The Morgan fingerprint density at radius 2 is 1.54 bits per heavy atom. The third-order valence-electron chi connectivity index (χ3n) is 4.29. The predicted octanol–water partition coefficient (Wildman–Crippen LogP) is 4.39. The number of rotatable bonds is 8. The van der Waals surface area contributed by atoms with Crippen molar-refractivity contribution in [2.75, 3.05) is 27.8 Å². The summed E-state index contributed by atoms with van der Waals surface area (Å²) in [5.41, 5.74) is 2.06. The van der Waals surface area contributed by atoms with Gasteiger partial charge in [0.25, 0.3) is 0 Å². The topological polar surface area (TPSA) is 36.9 Å². The molecule has 0 aromatic heterocycles. The normalized spacial score (nSPS) is 15.1. The number of benzene rings is 2. The molecule has 0 heterocycles. The van der Waals surface area contributed by atoms with Gasteiger partial charge in [-0.05, 0) is 25.0 Å². The summed E-state index contributed by atoms with van der Waals surface area (Å²) in [5.74, 6) is 1.51. The Labute approximate surface area is 147 Å². The Morgan fingerprint density at radius 1 is 0.875 bits per heavy atom. The lowest BCUT2D eigenvalue weighted by Gasteiger charge is -2.23. The van der Waals surface area contributed by atoms with Gasteiger partial charge in [-0.25, -0.2) is 0 Å². The minimum Gasteiger partial charge on any atom is -0.467 e. The van der Waals surface area contributed by atoms with Gasteiger partial charge in [-0.2, -0.15) is 0 Å². The molecular weight excluding hydrogens is 328 g/mol. The molecule has 1 saturated carbocycles. The van der Waals surface area contributed by atoms with Crippen LogP contribution in [0.1, 0.15) is 24.0 Å². The molecule has 2 aromatic carbocycles. The van der Waals surface area contributed by atoms with Crippen molar-refractivity contribution < 1.29 is 18.9 Å². The van der Waals surface area contributed by atoms with Crippen molar-refractivity contribution in [3.8, 4) is 11.5 Å². The maximum absolute atomic E-state index is 6.38. The molecule has 0 spiro atoms. The fourth-order valence-electron chi connectivity index (χ4n) is 3.07. The second kappa shape index (κ2) is 7.43. The van der Waals surface area contributed by atoms with Crippen LogP contribution in [0.3, 0.4) is 0 Å². The fourth-order valence-corrected chi connectivity index (χ4v) is 3.30. The van der Waals surface area contributed by atoms with Crippen molar-refractivity contribution in [3.05, 3.63) is 58.6 Å². The molecule has 4 nitrogen and oxygen atoms in total. The molecule has 1 aliphatic rings. The lowest BCUT2D eigenvalue weighted by atomic mass is 9.86. The van der Waals surface area contributed by atoms with E-state index in [0.29, 0.717) is 10.8 Å². The molecular formula is C19H21ClO4. The van der Waals surface area contributed by atoms with E-state index in [-0.39, 0.29) is 19.0 Å². The van der Waals surface area contributed by atoms with Crippen molar-refractivity contribution in [3.63, 3.8) is 0 Å². The second-order valence-electron chi connectivity index (χ2n) is 5.80. The largest absolute Gasteiger partial charge is 0.467 e. The zero-order valence-corrected chi connectivity index (χ0v) is 14.6. The third kappa shape index (κ3) is 3.22. The first-order valence-corrected chi connectivity index (χ1v) is 8.22. The highest BCUT2D eigenvalue weighted by Crippen LogP contribution is 2.59. The SMILES string of the molecule is COCOc1ccccc1C1(c2cccc(Cl)c2OCOC)CC1. The molecule has 0 radical (unpaired) electrons. The van der Waals surface area contributed by atoms with Crippen LogP contribution in [0.5, 0.6) is 11.5 Å². The smallest absolute Gasteiger partial charge is 0.188 e. The van der Waals surface area contributed by atoms with E-state index in [1.165, 1.54) is 0 Å². The first-order valence-electron chi connectivity index (χ1n) is 7.85. The van der Waals surface area contributed by atoms with Gasteiger partial charge in [0.15, 0.2) is 13.6 Å². The van der Waals surface area contributed by atoms with Gasteiger partial charge in [-0.1, -0.05) is 41.9 Å². The maximum atomic E-state index is 6.38. The fraction of sp³-hybridized carbons (Fsp3) is 0.368. The Balaban J connectivity index is 2.02. The minimum atomic E-state index is -0.141. The third-order valence-corrected chi connectivity index (χ3v) is 4.59. The highest BCUT2D eigenvalue weighted by molar-refractivity contribution is 6.32. The maximum Gasteiger partial charge on any atom is 0.188 e. The molecule has 128 valence electrons. The summed E-state index contributed by atoms with van der Waals surface area (Å²) in [7, 11) is 3.21. The van der Waals surface area contributed by atoms with Crippen molar-refractivity contribution in [1.82, 2.24) is 0 Å². The zero-order chi connectivity index (χ0) is 17.0. The van der Waals surface area contributed by atoms with Crippen LogP contribution in [0.4, 0.5) is 0 Å². The van der Waals surface area contributed by atoms with Crippen LogP contribution in [0.2, 0.25) is 5.02 Å². The summed E-state index contributed by atoms with van der Waals surface area (Å²) >= 11 is 6.38. The number of hydrogen-bond donors (Lipinski definition) is 0. The second-order valence-corrected chi connectivity index (χ2v) is 6.20. The Morgan fingerprint density at radius 3 is 2.25 bits per heavy atom. The summed E-state index contributed by atoms with van der Waals surface area (Å²) in [4.78, 5) is 0. The van der Waals surface area contributed by atoms with Crippen LogP contribution in [0.15, 0.2) is 42.5 Å². The number of halogens is 1. The van der Waals surface area contributed by atoms with Crippen LogP contribution in [0, 0.1) is 0 Å². The predicted molar refractivity (Wildman–Crippen MR) is 92.9 cm³/mol. The zero-order valence-electron chi connectivity index (χ0n) is 13.9. The number of methoxy groups -OCH3 is 2. The highest BCUT2D eigenvalue weighted by Gasteiger charge is 2.49. The van der Waals surface area contributed by atoms with Gasteiger partial charge >= 0.3 is 0 Å². The standard InChI is InChI=1S/C19H21ClO4/c1-21-12-23-17-9-4-3-6-14(17)19(10-11-19)15-7-5-8-16(20)18(15)24-13-22-2/h3-9H,10-13H2,1-2H3. The monoisotopic (exact) mass is 348 g/mol. The molecule has 3 rings (SSSR count). The van der Waals surface area contributed by atoms with Crippen molar-refractivity contribution in [1.29, 1.82) is 0 Å². The molecule has 0 saturated heterocycles. The van der Waals surface area contributed by atoms with Gasteiger partial charge in [0, 0.05) is 30.8 Å². The molecule has 0 amide bonds. The van der Waals surface area contributed by atoms with E-state index in [4.69, 9.17) is 30.5 Å². The van der Waals surface area contributed by atoms with Gasteiger partial charge in [-0.3, -0.25) is 0 Å². The summed E-state index contributed by atoms with van der Waals surface area (Å²) in [5, 5.41) is 0.589. The summed E-state index contributed by atoms with van der Waals surface area (Å²) in [6.45, 7) is 0.379. The Kier molecular flexibility index (Phi) is 5.29. The van der Waals surface area contributed by atoms with E-state index in [0.717, 1.165) is 29.7 Å². The van der Waals surface area contributed by atoms with E-state index < -0.39 is 0 Å². The molecule has 24 heavy (non-hydrogen) atoms. The van der Waals surface area contributed by atoms with Crippen molar-refractivity contribution >= 4 is 11.6 Å². The van der Waals surface area contributed by atoms with Crippen LogP contribution >= 0.6 is 11.6 Å². The van der Waals surface area contributed by atoms with Crippen molar-refractivity contribution in [2.24, 2.45) is 0 Å². The average molecular weight is 349 g/mol. The van der Waals surface area contributed by atoms with E-state index >= 15 is 0 Å². The Bertz CT molecular complexity index is 698. The van der Waals surface area contributed by atoms with Crippen LogP contribution < -0.4 is 9.47 Å². The molecule has 0 unspecified atom stereocenters. The molecule has 0 bridgehead atoms. The Hall–Kier alpha value is -1.75.